The van der Waals surface area contributed by atoms with Gasteiger partial charge in [0.25, 0.3) is 0 Å². The average Bonchev–Trinajstić information content (AvgIpc) is 3.00. The van der Waals surface area contributed by atoms with Crippen LogP contribution in [0.5, 0.6) is 5.75 Å². The molecule has 0 saturated carbocycles. The molecule has 8 nitrogen and oxygen atoms in total. The van der Waals surface area contributed by atoms with Crippen LogP contribution in [0.1, 0.15) is 28.4 Å². The lowest BCUT2D eigenvalue weighted by atomic mass is 9.98. The topological polar surface area (TPSA) is 89.5 Å². The monoisotopic (exact) mass is 566 g/mol. The molecule has 1 fully saturated rings. The molecule has 3 aromatic carbocycles. The fourth-order valence-corrected chi connectivity index (χ4v) is 5.29. The highest BCUT2D eigenvalue weighted by molar-refractivity contribution is 7.99. The van der Waals surface area contributed by atoms with Gasteiger partial charge in [0.1, 0.15) is 23.4 Å². The summed E-state index contributed by atoms with van der Waals surface area (Å²) in [4.78, 5) is 26.3. The molecule has 5 atom stereocenters. The Morgan fingerprint density at radius 2 is 1.35 bits per heavy atom. The molecule has 1 heterocycles. The first-order valence-electron chi connectivity index (χ1n) is 13.0. The van der Waals surface area contributed by atoms with E-state index in [9.17, 15) is 9.59 Å². The maximum atomic E-state index is 13.3. The van der Waals surface area contributed by atoms with Crippen LogP contribution >= 0.6 is 11.8 Å². The first-order chi connectivity index (χ1) is 19.5. The maximum Gasteiger partial charge on any atom is 0.338 e. The van der Waals surface area contributed by atoms with Crippen molar-refractivity contribution in [3.63, 3.8) is 0 Å². The second kappa shape index (κ2) is 14.9. The molecule has 1 saturated heterocycles. The Morgan fingerprint density at radius 3 is 1.88 bits per heavy atom. The Bertz CT molecular complexity index is 1210. The molecule has 0 bridgehead atoms. The van der Waals surface area contributed by atoms with Crippen LogP contribution in [0.2, 0.25) is 0 Å². The van der Waals surface area contributed by atoms with Gasteiger partial charge in [-0.25, -0.2) is 9.59 Å². The molecule has 9 heteroatoms. The molecule has 4 rings (SSSR count). The van der Waals surface area contributed by atoms with E-state index in [4.69, 9.17) is 28.4 Å². The standard InChI is InChI=1S/C31H34O8S/c1-4-40-31-28(38-29(32)23-15-17-24(34-2)18-16-23)26(37-20-22-13-9-6-10-14-22)25(27(39-31)30(33)35-3)36-19-21-11-7-5-8-12-21/h5-18,25-28,31H,4,19-20H2,1-3H3/t25-,26-,27-,28+,31-/m0/s1. The lowest BCUT2D eigenvalue weighted by molar-refractivity contribution is -0.237. The zero-order chi connectivity index (χ0) is 28.3. The van der Waals surface area contributed by atoms with Crippen LogP contribution < -0.4 is 4.74 Å². The lowest BCUT2D eigenvalue weighted by Crippen LogP contribution is -2.62. The van der Waals surface area contributed by atoms with Crippen molar-refractivity contribution in [2.45, 2.75) is 50.0 Å². The predicted octanol–water partition coefficient (Wildman–Crippen LogP) is 5.04. The Hall–Kier alpha value is -3.37. The van der Waals surface area contributed by atoms with Crippen molar-refractivity contribution in [2.75, 3.05) is 20.0 Å². The minimum Gasteiger partial charge on any atom is -0.497 e. The van der Waals surface area contributed by atoms with E-state index >= 15 is 0 Å². The van der Waals surface area contributed by atoms with Gasteiger partial charge in [-0.05, 0) is 41.1 Å². The highest BCUT2D eigenvalue weighted by Crippen LogP contribution is 2.35. The number of rotatable bonds is 12. The quantitative estimate of drug-likeness (QED) is 0.280. The molecule has 3 aromatic rings. The zero-order valence-electron chi connectivity index (χ0n) is 22.8. The van der Waals surface area contributed by atoms with Crippen LogP contribution in [0.4, 0.5) is 0 Å². The summed E-state index contributed by atoms with van der Waals surface area (Å²) in [5.41, 5.74) is 1.48. The van der Waals surface area contributed by atoms with Crippen LogP contribution in [0, 0.1) is 0 Å². The lowest BCUT2D eigenvalue weighted by Gasteiger charge is -2.44. The van der Waals surface area contributed by atoms with Crippen molar-refractivity contribution < 1.29 is 38.0 Å². The van der Waals surface area contributed by atoms with Crippen LogP contribution in [0.15, 0.2) is 84.9 Å². The summed E-state index contributed by atoms with van der Waals surface area (Å²) < 4.78 is 35.4. The third-order valence-corrected chi connectivity index (χ3v) is 7.44. The number of thioether (sulfide) groups is 1. The minimum atomic E-state index is -1.09. The second-order valence-corrected chi connectivity index (χ2v) is 10.4. The predicted molar refractivity (Wildman–Crippen MR) is 151 cm³/mol. The number of carbonyl (C=O) groups is 2. The number of benzene rings is 3. The van der Waals surface area contributed by atoms with Gasteiger partial charge in [-0.1, -0.05) is 67.6 Å². The summed E-state index contributed by atoms with van der Waals surface area (Å²) in [7, 11) is 2.86. The number of hydrogen-bond donors (Lipinski definition) is 0. The summed E-state index contributed by atoms with van der Waals surface area (Å²) in [6.07, 6.45) is -3.73. The third kappa shape index (κ3) is 7.63. The van der Waals surface area contributed by atoms with Gasteiger partial charge >= 0.3 is 11.9 Å². The molecule has 0 N–H and O–H groups in total. The fourth-order valence-electron chi connectivity index (χ4n) is 4.36. The van der Waals surface area contributed by atoms with E-state index in [1.165, 1.54) is 18.9 Å². The van der Waals surface area contributed by atoms with Gasteiger partial charge in [0, 0.05) is 0 Å². The second-order valence-electron chi connectivity index (χ2n) is 9.02. The number of hydrogen-bond acceptors (Lipinski definition) is 9. The van der Waals surface area contributed by atoms with Crippen molar-refractivity contribution in [3.05, 3.63) is 102 Å². The largest absolute Gasteiger partial charge is 0.497 e. The molecule has 40 heavy (non-hydrogen) atoms. The molecular weight excluding hydrogens is 532 g/mol. The van der Waals surface area contributed by atoms with Gasteiger partial charge in [0.05, 0.1) is 33.0 Å². The van der Waals surface area contributed by atoms with Crippen molar-refractivity contribution in [2.24, 2.45) is 0 Å². The number of ether oxygens (including phenoxy) is 6. The Morgan fingerprint density at radius 1 is 0.775 bits per heavy atom. The molecule has 0 aliphatic carbocycles. The van der Waals surface area contributed by atoms with E-state index in [0.717, 1.165) is 11.1 Å². The van der Waals surface area contributed by atoms with Gasteiger partial charge in [-0.2, -0.15) is 0 Å². The summed E-state index contributed by atoms with van der Waals surface area (Å²) in [5, 5.41) is 0. The average molecular weight is 567 g/mol. The van der Waals surface area contributed by atoms with Gasteiger partial charge < -0.3 is 28.4 Å². The van der Waals surface area contributed by atoms with E-state index in [-0.39, 0.29) is 13.2 Å². The van der Waals surface area contributed by atoms with Gasteiger partial charge in [-0.15, -0.1) is 11.8 Å². The van der Waals surface area contributed by atoms with Crippen molar-refractivity contribution in [3.8, 4) is 5.75 Å². The molecule has 1 aliphatic heterocycles. The van der Waals surface area contributed by atoms with Crippen LogP contribution in [0.3, 0.4) is 0 Å². The first kappa shape index (κ1) is 29.6. The molecule has 0 spiro atoms. The SMILES string of the molecule is CCS[C@@H]1O[C@H](C(=O)OC)[C@@H](OCc2ccccc2)[C@H](OCc2ccccc2)[C@H]1OC(=O)c1ccc(OC)cc1. The normalized spacial score (nSPS) is 22.3. The molecule has 0 unspecified atom stereocenters. The third-order valence-electron chi connectivity index (χ3n) is 6.40. The van der Waals surface area contributed by atoms with E-state index in [1.54, 1.807) is 31.4 Å². The Labute approximate surface area is 238 Å². The molecular formula is C31H34O8S. The van der Waals surface area contributed by atoms with Gasteiger partial charge in [0.15, 0.2) is 12.2 Å². The van der Waals surface area contributed by atoms with Gasteiger partial charge in [-0.3, -0.25) is 0 Å². The highest BCUT2D eigenvalue weighted by atomic mass is 32.2. The van der Waals surface area contributed by atoms with Crippen LogP contribution in [-0.4, -0.2) is 61.8 Å². The van der Waals surface area contributed by atoms with Crippen LogP contribution in [-0.2, 0) is 41.7 Å². The molecule has 0 aromatic heterocycles. The highest BCUT2D eigenvalue weighted by Gasteiger charge is 2.52. The Kier molecular flexibility index (Phi) is 11.0. The molecule has 0 amide bonds. The molecule has 0 radical (unpaired) electrons. The van der Waals surface area contributed by atoms with Crippen molar-refractivity contribution in [1.82, 2.24) is 0 Å². The van der Waals surface area contributed by atoms with Gasteiger partial charge in [0.2, 0.25) is 0 Å². The minimum absolute atomic E-state index is 0.193. The summed E-state index contributed by atoms with van der Waals surface area (Å²) in [6.45, 7) is 2.37. The van der Waals surface area contributed by atoms with E-state index < -0.39 is 41.8 Å². The number of carbonyl (C=O) groups excluding carboxylic acids is 2. The van der Waals surface area contributed by atoms with E-state index in [2.05, 4.69) is 0 Å². The Balaban J connectivity index is 1.67. The summed E-state index contributed by atoms with van der Waals surface area (Å²) in [5.74, 6) is 0.129. The van der Waals surface area contributed by atoms with E-state index in [1.807, 2.05) is 67.6 Å². The summed E-state index contributed by atoms with van der Waals surface area (Å²) >= 11 is 1.41. The maximum absolute atomic E-state index is 13.3. The summed E-state index contributed by atoms with van der Waals surface area (Å²) in [6, 6.07) is 25.9. The fraction of sp³-hybridized carbons (Fsp3) is 0.355. The molecule has 212 valence electrons. The van der Waals surface area contributed by atoms with Crippen molar-refractivity contribution in [1.29, 1.82) is 0 Å². The zero-order valence-corrected chi connectivity index (χ0v) is 23.6. The van der Waals surface area contributed by atoms with Crippen molar-refractivity contribution >= 4 is 23.7 Å². The number of methoxy groups -OCH3 is 2. The van der Waals surface area contributed by atoms with E-state index in [0.29, 0.717) is 17.1 Å². The number of esters is 2. The first-order valence-corrected chi connectivity index (χ1v) is 14.1. The van der Waals surface area contributed by atoms with Crippen LogP contribution in [0.25, 0.3) is 0 Å². The molecule has 1 aliphatic rings. The smallest absolute Gasteiger partial charge is 0.338 e.